The Bertz CT molecular complexity index is 45.9. The Morgan fingerprint density at radius 2 is 1.83 bits per heavy atom. The molecule has 0 atom stereocenters. The second-order valence-corrected chi connectivity index (χ2v) is 4.85. The predicted octanol–water partition coefficient (Wildman–Crippen LogP) is 1.89. The lowest BCUT2D eigenvalue weighted by Gasteiger charge is -1.96. The average Bonchev–Trinajstić information content (AvgIpc) is 2.06. The van der Waals surface area contributed by atoms with E-state index in [2.05, 4.69) is 13.3 Å². The Labute approximate surface area is 40.7 Å². The molecule has 1 aliphatic rings. The zero-order valence-corrected chi connectivity index (χ0v) is 5.33. The Hall–Kier alpha value is 0.430. The van der Waals surface area contributed by atoms with Gasteiger partial charge in [-0.15, -0.1) is 7.92 Å². The predicted molar refractivity (Wildman–Crippen MR) is 31.8 cm³/mol. The van der Waals surface area contributed by atoms with Crippen molar-refractivity contribution in [2.24, 2.45) is 0 Å². The number of rotatable bonds is 1. The summed E-state index contributed by atoms with van der Waals surface area (Å²) in [4.78, 5) is 0. The van der Waals surface area contributed by atoms with Crippen molar-refractivity contribution < 1.29 is 0 Å². The first kappa shape index (κ1) is 4.59. The minimum atomic E-state index is 0.452. The fraction of sp³-hybridized carbons (Fsp3) is 1.00. The van der Waals surface area contributed by atoms with Gasteiger partial charge in [0, 0.05) is 0 Å². The van der Waals surface area contributed by atoms with E-state index >= 15 is 0 Å². The Morgan fingerprint density at radius 3 is 1.83 bits per heavy atom. The van der Waals surface area contributed by atoms with Crippen LogP contribution in [0.2, 0.25) is 0 Å². The molecule has 0 N–H and O–H groups in total. The lowest BCUT2D eigenvalue weighted by molar-refractivity contribution is 1.48. The normalized spacial score (nSPS) is 22.5. The first-order valence-corrected chi connectivity index (χ1v) is 4.77. The largest absolute Gasteiger partial charge is 0.110 e. The van der Waals surface area contributed by atoms with Crippen LogP contribution in [0.1, 0.15) is 12.8 Å². The van der Waals surface area contributed by atoms with Gasteiger partial charge >= 0.3 is 0 Å². The molecule has 0 aromatic rings. The van der Waals surface area contributed by atoms with Gasteiger partial charge in [-0.25, -0.2) is 0 Å². The monoisotopic (exact) mass is 102 g/mol. The Morgan fingerprint density at radius 1 is 1.33 bits per heavy atom. The molecule has 0 unspecified atom stereocenters. The third kappa shape index (κ3) is 0.944. The van der Waals surface area contributed by atoms with Crippen LogP contribution >= 0.6 is 7.92 Å². The SMILES string of the molecule is CP(C)C1CC1. The van der Waals surface area contributed by atoms with Crippen molar-refractivity contribution in [2.75, 3.05) is 13.3 Å². The highest BCUT2D eigenvalue weighted by atomic mass is 31.1. The third-order valence-electron chi connectivity index (χ3n) is 1.28. The zero-order chi connectivity index (χ0) is 4.57. The molecule has 1 heteroatoms. The quantitative estimate of drug-likeness (QED) is 0.443. The molecule has 0 aromatic carbocycles. The maximum atomic E-state index is 2.37. The van der Waals surface area contributed by atoms with Crippen LogP contribution < -0.4 is 0 Å². The molecule has 0 radical (unpaired) electrons. The van der Waals surface area contributed by atoms with Crippen LogP contribution in [0.3, 0.4) is 0 Å². The fourth-order valence-corrected chi connectivity index (χ4v) is 1.77. The maximum absolute atomic E-state index is 2.37. The van der Waals surface area contributed by atoms with Crippen LogP contribution in [0, 0.1) is 0 Å². The molecule has 1 rings (SSSR count). The van der Waals surface area contributed by atoms with Crippen LogP contribution in [0.15, 0.2) is 0 Å². The summed E-state index contributed by atoms with van der Waals surface area (Å²) in [6.07, 6.45) is 3.05. The lowest BCUT2D eigenvalue weighted by atomic mass is 11.0. The van der Waals surface area contributed by atoms with Gasteiger partial charge in [0.2, 0.25) is 0 Å². The summed E-state index contributed by atoms with van der Waals surface area (Å²) in [7, 11) is 0.452. The summed E-state index contributed by atoms with van der Waals surface area (Å²) in [6.45, 7) is 4.74. The van der Waals surface area contributed by atoms with E-state index in [1.165, 1.54) is 18.5 Å². The van der Waals surface area contributed by atoms with Gasteiger partial charge < -0.3 is 0 Å². The topological polar surface area (TPSA) is 0 Å². The van der Waals surface area contributed by atoms with Gasteiger partial charge in [-0.1, -0.05) is 0 Å². The van der Waals surface area contributed by atoms with Crippen LogP contribution in [-0.4, -0.2) is 19.0 Å². The van der Waals surface area contributed by atoms with Gasteiger partial charge in [-0.05, 0) is 31.8 Å². The minimum absolute atomic E-state index is 0.452. The van der Waals surface area contributed by atoms with E-state index in [-0.39, 0.29) is 0 Å². The third-order valence-corrected chi connectivity index (χ3v) is 3.25. The molecular weight excluding hydrogens is 91.0 g/mol. The standard InChI is InChI=1S/C5H11P/c1-6(2)5-3-4-5/h5H,3-4H2,1-2H3. The fourth-order valence-electron chi connectivity index (χ4n) is 0.591. The molecule has 6 heavy (non-hydrogen) atoms. The van der Waals surface area contributed by atoms with Crippen molar-refractivity contribution in [3.63, 3.8) is 0 Å². The van der Waals surface area contributed by atoms with Crippen molar-refractivity contribution in [3.05, 3.63) is 0 Å². The van der Waals surface area contributed by atoms with E-state index in [1.54, 1.807) is 0 Å². The Kier molecular flexibility index (Phi) is 1.15. The van der Waals surface area contributed by atoms with Gasteiger partial charge in [0.1, 0.15) is 0 Å². The first-order valence-electron chi connectivity index (χ1n) is 2.47. The van der Waals surface area contributed by atoms with Crippen LogP contribution in [-0.2, 0) is 0 Å². The van der Waals surface area contributed by atoms with E-state index in [0.29, 0.717) is 7.92 Å². The summed E-state index contributed by atoms with van der Waals surface area (Å²) in [5, 5.41) is 0. The average molecular weight is 102 g/mol. The molecule has 0 amide bonds. The van der Waals surface area contributed by atoms with Crippen molar-refractivity contribution in [1.29, 1.82) is 0 Å². The second-order valence-electron chi connectivity index (χ2n) is 2.19. The minimum Gasteiger partial charge on any atom is -0.110 e. The number of hydrogen-bond donors (Lipinski definition) is 0. The lowest BCUT2D eigenvalue weighted by Crippen LogP contribution is -1.71. The van der Waals surface area contributed by atoms with E-state index in [4.69, 9.17) is 0 Å². The number of hydrogen-bond acceptors (Lipinski definition) is 0. The molecule has 0 nitrogen and oxygen atoms in total. The summed E-state index contributed by atoms with van der Waals surface area (Å²) in [5.41, 5.74) is 1.17. The Balaban J connectivity index is 2.13. The van der Waals surface area contributed by atoms with Crippen LogP contribution in [0.5, 0.6) is 0 Å². The molecule has 36 valence electrons. The van der Waals surface area contributed by atoms with Gasteiger partial charge in [0.25, 0.3) is 0 Å². The van der Waals surface area contributed by atoms with E-state index in [9.17, 15) is 0 Å². The highest BCUT2D eigenvalue weighted by Crippen LogP contribution is 2.47. The van der Waals surface area contributed by atoms with Crippen LogP contribution in [0.25, 0.3) is 0 Å². The molecule has 0 heterocycles. The molecule has 1 saturated carbocycles. The first-order chi connectivity index (χ1) is 2.80. The van der Waals surface area contributed by atoms with Crippen molar-refractivity contribution in [3.8, 4) is 0 Å². The van der Waals surface area contributed by atoms with Crippen LogP contribution in [0.4, 0.5) is 0 Å². The van der Waals surface area contributed by atoms with Crippen molar-refractivity contribution in [1.82, 2.24) is 0 Å². The summed E-state index contributed by atoms with van der Waals surface area (Å²) in [5.74, 6) is 0. The highest BCUT2D eigenvalue weighted by molar-refractivity contribution is 7.57. The van der Waals surface area contributed by atoms with E-state index in [1.807, 2.05) is 0 Å². The molecule has 0 aromatic heterocycles. The van der Waals surface area contributed by atoms with Gasteiger partial charge in [-0.2, -0.15) is 0 Å². The van der Waals surface area contributed by atoms with E-state index < -0.39 is 0 Å². The summed E-state index contributed by atoms with van der Waals surface area (Å²) < 4.78 is 0. The van der Waals surface area contributed by atoms with Crippen molar-refractivity contribution >= 4 is 7.92 Å². The van der Waals surface area contributed by atoms with Gasteiger partial charge in [-0.3, -0.25) is 0 Å². The molecule has 0 spiro atoms. The molecular formula is C5H11P. The highest BCUT2D eigenvalue weighted by Gasteiger charge is 2.23. The maximum Gasteiger partial charge on any atom is -0.0214 e. The molecule has 1 fully saturated rings. The smallest absolute Gasteiger partial charge is 0.0214 e. The molecule has 0 aliphatic heterocycles. The molecule has 0 saturated heterocycles. The second kappa shape index (κ2) is 1.50. The summed E-state index contributed by atoms with van der Waals surface area (Å²) in [6, 6.07) is 0. The van der Waals surface area contributed by atoms with Crippen molar-refractivity contribution in [2.45, 2.75) is 18.5 Å². The molecule has 1 aliphatic carbocycles. The summed E-state index contributed by atoms with van der Waals surface area (Å²) >= 11 is 0. The van der Waals surface area contributed by atoms with Gasteiger partial charge in [0.05, 0.1) is 0 Å². The van der Waals surface area contributed by atoms with E-state index in [0.717, 1.165) is 0 Å². The van der Waals surface area contributed by atoms with Gasteiger partial charge in [0.15, 0.2) is 0 Å². The zero-order valence-electron chi connectivity index (χ0n) is 4.44. The molecule has 0 bridgehead atoms.